The lowest BCUT2D eigenvalue weighted by molar-refractivity contribution is 0.0873. The minimum Gasteiger partial charge on any atom is -0.598 e. The predicted molar refractivity (Wildman–Crippen MR) is 84.3 cm³/mol. The summed E-state index contributed by atoms with van der Waals surface area (Å²) in [6.07, 6.45) is 3.72. The summed E-state index contributed by atoms with van der Waals surface area (Å²) in [5, 5.41) is 3.39. The fraction of sp³-hybridized carbons (Fsp3) is 0.625. The smallest absolute Gasteiger partial charge is 0.126 e. The summed E-state index contributed by atoms with van der Waals surface area (Å²) < 4.78 is 28.0. The first-order valence-corrected chi connectivity index (χ1v) is 9.15. The number of hydrogen-bond acceptors (Lipinski definition) is 3. The van der Waals surface area contributed by atoms with Crippen molar-refractivity contribution in [2.24, 2.45) is 0 Å². The van der Waals surface area contributed by atoms with Crippen molar-refractivity contribution in [2.45, 2.75) is 36.9 Å². The zero-order chi connectivity index (χ0) is 14.9. The monoisotopic (exact) mass is 310 g/mol. The van der Waals surface area contributed by atoms with Gasteiger partial charge in [0.25, 0.3) is 0 Å². The van der Waals surface area contributed by atoms with Gasteiger partial charge in [0.2, 0.25) is 0 Å². The Morgan fingerprint density at radius 2 is 2.00 bits per heavy atom. The van der Waals surface area contributed by atoms with E-state index >= 15 is 0 Å². The van der Waals surface area contributed by atoms with Gasteiger partial charge in [0, 0.05) is 43.0 Å². The normalized spacial score (nSPS) is 30.0. The van der Waals surface area contributed by atoms with E-state index in [-0.39, 0.29) is 0 Å². The van der Waals surface area contributed by atoms with E-state index in [9.17, 15) is 8.94 Å². The third-order valence-corrected chi connectivity index (χ3v) is 5.77. The number of nitrogens with one attached hydrogen (secondary N) is 1. The van der Waals surface area contributed by atoms with Crippen LogP contribution in [-0.2, 0) is 11.4 Å². The van der Waals surface area contributed by atoms with Gasteiger partial charge < -0.3 is 9.87 Å². The Hall–Kier alpha value is -0.620. The summed E-state index contributed by atoms with van der Waals surface area (Å²) in [4.78, 5) is 0. The molecule has 1 aromatic rings. The van der Waals surface area contributed by atoms with Crippen LogP contribution in [0.2, 0.25) is 0 Å². The molecule has 1 saturated heterocycles. The van der Waals surface area contributed by atoms with Gasteiger partial charge in [0.05, 0.1) is 0 Å². The lowest BCUT2D eigenvalue weighted by Crippen LogP contribution is -2.49. The van der Waals surface area contributed by atoms with E-state index < -0.39 is 17.0 Å². The van der Waals surface area contributed by atoms with Crippen LogP contribution in [0.1, 0.15) is 30.7 Å². The van der Waals surface area contributed by atoms with E-state index in [1.807, 2.05) is 10.4 Å². The van der Waals surface area contributed by atoms with Crippen LogP contribution in [-0.4, -0.2) is 46.5 Å². The average molecular weight is 310 g/mol. The molecule has 0 radical (unpaired) electrons. The molecule has 3 nitrogen and oxygen atoms in total. The van der Waals surface area contributed by atoms with Gasteiger partial charge >= 0.3 is 0 Å². The lowest BCUT2D eigenvalue weighted by atomic mass is 9.94. The van der Waals surface area contributed by atoms with Crippen molar-refractivity contribution >= 4 is 11.4 Å². The molecule has 116 valence electrons. The van der Waals surface area contributed by atoms with E-state index in [0.717, 1.165) is 6.42 Å². The van der Waals surface area contributed by atoms with Crippen LogP contribution in [0.5, 0.6) is 0 Å². The van der Waals surface area contributed by atoms with Crippen LogP contribution in [0.3, 0.4) is 0 Å². The molecule has 0 aromatic heterocycles. The maximum atomic E-state index is 14.7. The number of alkyl halides is 1. The molecule has 5 heteroatoms. The first kappa shape index (κ1) is 15.3. The Morgan fingerprint density at radius 1 is 1.33 bits per heavy atom. The number of halogens is 1. The van der Waals surface area contributed by atoms with Crippen molar-refractivity contribution in [3.8, 4) is 0 Å². The fourth-order valence-electron chi connectivity index (χ4n) is 3.12. The summed E-state index contributed by atoms with van der Waals surface area (Å²) in [6.45, 7) is 1.60. The Morgan fingerprint density at radius 3 is 2.62 bits per heavy atom. The van der Waals surface area contributed by atoms with Gasteiger partial charge in [-0.05, 0) is 24.8 Å². The van der Waals surface area contributed by atoms with Gasteiger partial charge in [-0.1, -0.05) is 30.3 Å². The quantitative estimate of drug-likeness (QED) is 0.848. The van der Waals surface area contributed by atoms with Crippen molar-refractivity contribution in [1.29, 1.82) is 0 Å². The zero-order valence-corrected chi connectivity index (χ0v) is 13.2. The highest BCUT2D eigenvalue weighted by molar-refractivity contribution is 7.88. The Bertz CT molecular complexity index is 463. The molecule has 1 heterocycles. The molecular formula is C16H23FN2OS. The topological polar surface area (TPSA) is 38.3 Å². The minimum atomic E-state index is -1.14. The van der Waals surface area contributed by atoms with Crippen molar-refractivity contribution in [2.75, 3.05) is 25.9 Å². The van der Waals surface area contributed by atoms with Gasteiger partial charge in [-0.2, -0.15) is 0 Å². The van der Waals surface area contributed by atoms with E-state index in [0.29, 0.717) is 44.4 Å². The Kier molecular flexibility index (Phi) is 4.54. The van der Waals surface area contributed by atoms with Crippen LogP contribution in [0.15, 0.2) is 30.3 Å². The second kappa shape index (κ2) is 6.24. The molecule has 1 aromatic carbocycles. The summed E-state index contributed by atoms with van der Waals surface area (Å²) in [5.74, 6) is 0.540. The van der Waals surface area contributed by atoms with E-state index in [1.54, 1.807) is 6.26 Å². The number of benzene rings is 1. The largest absolute Gasteiger partial charge is 0.598 e. The third-order valence-electron chi connectivity index (χ3n) is 4.68. The molecule has 1 N–H and O–H groups in total. The van der Waals surface area contributed by atoms with Crippen LogP contribution in [0.4, 0.5) is 4.39 Å². The fourth-order valence-corrected chi connectivity index (χ4v) is 3.82. The molecule has 1 aliphatic carbocycles. The van der Waals surface area contributed by atoms with Crippen molar-refractivity contribution in [3.05, 3.63) is 35.9 Å². The minimum absolute atomic E-state index is 0.415. The van der Waals surface area contributed by atoms with Gasteiger partial charge in [0.1, 0.15) is 11.9 Å². The summed E-state index contributed by atoms with van der Waals surface area (Å²) in [6, 6.07) is 10.8. The number of nitrogens with zero attached hydrogens (tertiary/aromatic N) is 1. The average Bonchev–Trinajstić information content (AvgIpc) is 3.26. The molecule has 21 heavy (non-hydrogen) atoms. The first-order valence-electron chi connectivity index (χ1n) is 7.63. The molecule has 0 amide bonds. The molecule has 1 aliphatic heterocycles. The molecule has 3 rings (SSSR count). The molecule has 1 saturated carbocycles. The maximum Gasteiger partial charge on any atom is 0.126 e. The van der Waals surface area contributed by atoms with Crippen molar-refractivity contribution in [1.82, 2.24) is 9.62 Å². The number of rotatable bonds is 5. The summed E-state index contributed by atoms with van der Waals surface area (Å²) in [5.41, 5.74) is 0.207. The molecular weight excluding hydrogens is 287 g/mol. The second-order valence-corrected chi connectivity index (χ2v) is 7.61. The van der Waals surface area contributed by atoms with Crippen LogP contribution < -0.4 is 5.32 Å². The van der Waals surface area contributed by atoms with E-state index in [2.05, 4.69) is 29.6 Å². The van der Waals surface area contributed by atoms with Crippen LogP contribution in [0, 0.1) is 0 Å². The molecule has 2 aliphatic rings. The first-order chi connectivity index (χ1) is 10.1. The molecule has 3 atom stereocenters. The number of piperidine rings is 1. The lowest BCUT2D eigenvalue weighted by Gasteiger charge is -2.35. The van der Waals surface area contributed by atoms with Crippen LogP contribution in [0.25, 0.3) is 0 Å². The SMILES string of the molecule is C[S+]([O-])N1CCC(F)(CNC2CC2c2ccccc2)CC1. The molecule has 3 unspecified atom stereocenters. The highest BCUT2D eigenvalue weighted by atomic mass is 32.2. The second-order valence-electron chi connectivity index (χ2n) is 6.24. The zero-order valence-electron chi connectivity index (χ0n) is 12.4. The van der Waals surface area contributed by atoms with Gasteiger partial charge in [-0.25, -0.2) is 4.39 Å². The molecule has 0 spiro atoms. The summed E-state index contributed by atoms with van der Waals surface area (Å²) in [7, 11) is 0. The van der Waals surface area contributed by atoms with Gasteiger partial charge in [-0.3, -0.25) is 0 Å². The van der Waals surface area contributed by atoms with Crippen LogP contribution >= 0.6 is 0 Å². The van der Waals surface area contributed by atoms with Crippen molar-refractivity contribution < 1.29 is 8.94 Å². The Balaban J connectivity index is 1.44. The van der Waals surface area contributed by atoms with Gasteiger partial charge in [0.15, 0.2) is 0 Å². The summed E-state index contributed by atoms with van der Waals surface area (Å²) >= 11 is -0.970. The predicted octanol–water partition coefficient (Wildman–Crippen LogP) is 2.23. The van der Waals surface area contributed by atoms with E-state index in [4.69, 9.17) is 0 Å². The highest BCUT2D eigenvalue weighted by Crippen LogP contribution is 2.41. The maximum absolute atomic E-state index is 14.7. The standard InChI is InChI=1S/C16H23FN2OS/c1-21(20)19-9-7-16(17,8-10-19)12-18-15-11-14(15)13-5-3-2-4-6-13/h2-6,14-15,18H,7-12H2,1H3. The van der Waals surface area contributed by atoms with Gasteiger partial charge in [-0.15, -0.1) is 4.31 Å². The molecule has 0 bridgehead atoms. The van der Waals surface area contributed by atoms with Crippen molar-refractivity contribution in [3.63, 3.8) is 0 Å². The molecule has 2 fully saturated rings. The van der Waals surface area contributed by atoms with E-state index in [1.165, 1.54) is 5.56 Å². The highest BCUT2D eigenvalue weighted by Gasteiger charge is 2.42. The third kappa shape index (κ3) is 3.77. The number of hydrogen-bond donors (Lipinski definition) is 1. The Labute approximate surface area is 129 Å².